The van der Waals surface area contributed by atoms with Crippen molar-refractivity contribution in [3.05, 3.63) is 0 Å². The van der Waals surface area contributed by atoms with Crippen LogP contribution in [-0.2, 0) is 19.1 Å². The normalized spacial score (nSPS) is 16.4. The highest BCUT2D eigenvalue weighted by Gasteiger charge is 2.38. The molecule has 0 saturated heterocycles. The number of nitrogens with zero attached hydrogens (tertiary/aromatic N) is 2. The summed E-state index contributed by atoms with van der Waals surface area (Å²) in [5.41, 5.74) is 0. The first kappa shape index (κ1) is 31.5. The Kier molecular flexibility index (Phi) is 14.7. The van der Waals surface area contributed by atoms with Gasteiger partial charge in [0.05, 0.1) is 18.2 Å². The van der Waals surface area contributed by atoms with Crippen molar-refractivity contribution < 1.29 is 19.1 Å². The highest BCUT2D eigenvalue weighted by Crippen LogP contribution is 2.24. The Morgan fingerprint density at radius 2 is 1.52 bits per heavy atom. The highest BCUT2D eigenvalue weighted by atomic mass is 16.5. The largest absolute Gasteiger partial charge is 0.379 e. The van der Waals surface area contributed by atoms with Crippen LogP contribution in [0.15, 0.2) is 0 Å². The summed E-state index contributed by atoms with van der Waals surface area (Å²) in [6.45, 7) is 14.1. The maximum absolute atomic E-state index is 13.7. The lowest BCUT2D eigenvalue weighted by Gasteiger charge is -2.40. The lowest BCUT2D eigenvalue weighted by atomic mass is 9.88. The average molecular weight is 470 g/mol. The first-order chi connectivity index (χ1) is 15.3. The number of hydrogen-bond acceptors (Lipinski definition) is 5. The molecular weight excluding hydrogens is 418 g/mol. The molecule has 194 valence electrons. The quantitative estimate of drug-likeness (QED) is 0.372. The summed E-state index contributed by atoms with van der Waals surface area (Å²) >= 11 is 0. The van der Waals surface area contributed by atoms with E-state index in [1.165, 1.54) is 0 Å². The Bertz CT molecular complexity index is 598. The third-order valence-electron chi connectivity index (χ3n) is 6.63. The van der Waals surface area contributed by atoms with Crippen molar-refractivity contribution in [2.24, 2.45) is 17.8 Å². The van der Waals surface area contributed by atoms with Gasteiger partial charge in [0.2, 0.25) is 11.8 Å². The van der Waals surface area contributed by atoms with Crippen molar-refractivity contribution in [3.63, 3.8) is 0 Å². The third kappa shape index (κ3) is 9.73. The average Bonchev–Trinajstić information content (AvgIpc) is 2.73. The maximum Gasteiger partial charge on any atom is 0.245 e. The number of carbonyl (C=O) groups is 3. The molecule has 0 spiro atoms. The van der Waals surface area contributed by atoms with Gasteiger partial charge in [0, 0.05) is 27.0 Å². The van der Waals surface area contributed by atoms with Crippen LogP contribution >= 0.6 is 0 Å². The highest BCUT2D eigenvalue weighted by molar-refractivity contribution is 5.90. The van der Waals surface area contributed by atoms with Gasteiger partial charge in [-0.05, 0) is 38.3 Å². The second-order valence-corrected chi connectivity index (χ2v) is 10.3. The second-order valence-electron chi connectivity index (χ2n) is 10.3. The predicted octanol–water partition coefficient (Wildman–Crippen LogP) is 3.75. The zero-order valence-corrected chi connectivity index (χ0v) is 23.1. The summed E-state index contributed by atoms with van der Waals surface area (Å²) in [6.07, 6.45) is 3.12. The first-order valence-electron chi connectivity index (χ1n) is 12.6. The molecule has 0 radical (unpaired) electrons. The molecule has 0 bridgehead atoms. The standard InChI is InChI=1S/C26H51N3O4/c1-12-14-15-20(30)16-21(33-11)24(19(7)13-2)29(10)26(32)22(17(3)4)27-25(31)23(18(5)6)28(8)9/h17-19,21-24H,12-16H2,1-11H3,(H,27,31)/t19-,21+,22-,23-,24-/m1/s1. The fourth-order valence-electron chi connectivity index (χ4n) is 4.54. The van der Waals surface area contributed by atoms with E-state index in [4.69, 9.17) is 4.74 Å². The van der Waals surface area contributed by atoms with E-state index in [2.05, 4.69) is 26.1 Å². The lowest BCUT2D eigenvalue weighted by molar-refractivity contribution is -0.144. The van der Waals surface area contributed by atoms with E-state index in [9.17, 15) is 14.4 Å². The van der Waals surface area contributed by atoms with Crippen molar-refractivity contribution in [2.45, 2.75) is 105 Å². The van der Waals surface area contributed by atoms with E-state index in [0.29, 0.717) is 6.42 Å². The first-order valence-corrected chi connectivity index (χ1v) is 12.6. The molecule has 5 atom stereocenters. The van der Waals surface area contributed by atoms with E-state index < -0.39 is 6.04 Å². The summed E-state index contributed by atoms with van der Waals surface area (Å²) in [4.78, 5) is 42.9. The lowest BCUT2D eigenvalue weighted by Crippen LogP contribution is -2.59. The fraction of sp³-hybridized carbons (Fsp3) is 0.885. The molecule has 7 heteroatoms. The van der Waals surface area contributed by atoms with Crippen molar-refractivity contribution in [3.8, 4) is 0 Å². The van der Waals surface area contributed by atoms with E-state index in [1.807, 2.05) is 46.7 Å². The minimum atomic E-state index is -0.649. The third-order valence-corrected chi connectivity index (χ3v) is 6.63. The van der Waals surface area contributed by atoms with Crippen LogP contribution in [0.4, 0.5) is 0 Å². The number of ketones is 1. The molecule has 7 nitrogen and oxygen atoms in total. The van der Waals surface area contributed by atoms with Gasteiger partial charge in [0.1, 0.15) is 11.8 Å². The molecule has 0 rings (SSSR count). The van der Waals surface area contributed by atoms with Crippen LogP contribution < -0.4 is 5.32 Å². The zero-order chi connectivity index (χ0) is 25.9. The maximum atomic E-state index is 13.7. The molecule has 0 aromatic heterocycles. The molecule has 0 aromatic carbocycles. The number of carbonyl (C=O) groups excluding carboxylic acids is 3. The van der Waals surface area contributed by atoms with Gasteiger partial charge in [-0.15, -0.1) is 0 Å². The Balaban J connectivity index is 5.81. The number of methoxy groups -OCH3 is 1. The Labute approximate surface area is 203 Å². The van der Waals surface area contributed by atoms with Crippen LogP contribution in [0.2, 0.25) is 0 Å². The van der Waals surface area contributed by atoms with Gasteiger partial charge in [0.25, 0.3) is 0 Å². The van der Waals surface area contributed by atoms with Crippen molar-refractivity contribution in [1.82, 2.24) is 15.1 Å². The molecule has 0 aliphatic carbocycles. The molecule has 0 aromatic rings. The monoisotopic (exact) mass is 469 g/mol. The predicted molar refractivity (Wildman–Crippen MR) is 135 cm³/mol. The molecule has 0 fully saturated rings. The number of ether oxygens (including phenoxy) is 1. The molecule has 1 N–H and O–H groups in total. The van der Waals surface area contributed by atoms with Gasteiger partial charge in [-0.3, -0.25) is 19.3 Å². The molecule has 0 saturated carbocycles. The number of likely N-dealkylation sites (N-methyl/N-ethyl adjacent to an activating group) is 2. The smallest absolute Gasteiger partial charge is 0.245 e. The van der Waals surface area contributed by atoms with Crippen LogP contribution in [-0.4, -0.2) is 79.9 Å². The van der Waals surface area contributed by atoms with E-state index in [0.717, 1.165) is 19.3 Å². The van der Waals surface area contributed by atoms with E-state index >= 15 is 0 Å². The Morgan fingerprint density at radius 3 is 1.91 bits per heavy atom. The Morgan fingerprint density at radius 1 is 0.939 bits per heavy atom. The Hall–Kier alpha value is -1.47. The minimum Gasteiger partial charge on any atom is -0.379 e. The summed E-state index contributed by atoms with van der Waals surface area (Å²) in [5.74, 6) is 0.0413. The van der Waals surface area contributed by atoms with Gasteiger partial charge < -0.3 is 15.0 Å². The van der Waals surface area contributed by atoms with E-state index in [-0.39, 0.29) is 60.0 Å². The summed E-state index contributed by atoms with van der Waals surface area (Å²) in [7, 11) is 7.13. The van der Waals surface area contributed by atoms with Gasteiger partial charge in [-0.2, -0.15) is 0 Å². The molecule has 0 heterocycles. The van der Waals surface area contributed by atoms with Crippen LogP contribution in [0.3, 0.4) is 0 Å². The summed E-state index contributed by atoms with van der Waals surface area (Å²) in [6, 6.07) is -1.23. The topological polar surface area (TPSA) is 79.0 Å². The number of hydrogen-bond donors (Lipinski definition) is 1. The van der Waals surface area contributed by atoms with Crippen molar-refractivity contribution in [2.75, 3.05) is 28.3 Å². The molecule has 0 unspecified atom stereocenters. The number of unbranched alkanes of at least 4 members (excludes halogenated alkanes) is 1. The molecule has 2 amide bonds. The van der Waals surface area contributed by atoms with Gasteiger partial charge in [-0.25, -0.2) is 0 Å². The van der Waals surface area contributed by atoms with Crippen LogP contribution in [0.5, 0.6) is 0 Å². The van der Waals surface area contributed by atoms with Crippen LogP contribution in [0.1, 0.15) is 80.6 Å². The number of nitrogens with one attached hydrogen (secondary N) is 1. The van der Waals surface area contributed by atoms with Gasteiger partial charge in [-0.1, -0.05) is 61.3 Å². The van der Waals surface area contributed by atoms with Crippen LogP contribution in [0.25, 0.3) is 0 Å². The number of amides is 2. The SMILES string of the molecule is CCCCC(=O)C[C@H](OC)[C@@H]([C@H](C)CC)N(C)C(=O)[C@H](NC(=O)[C@@H](C(C)C)N(C)C)C(C)C. The summed E-state index contributed by atoms with van der Waals surface area (Å²) < 4.78 is 5.77. The summed E-state index contributed by atoms with van der Waals surface area (Å²) in [5, 5.41) is 3.02. The zero-order valence-electron chi connectivity index (χ0n) is 23.1. The number of rotatable bonds is 16. The van der Waals surface area contributed by atoms with Crippen molar-refractivity contribution >= 4 is 17.6 Å². The fourth-order valence-corrected chi connectivity index (χ4v) is 4.54. The number of Topliss-reactive ketones (excluding diaryl/α,β-unsaturated/α-hetero) is 1. The molecule has 0 aliphatic heterocycles. The second kappa shape index (κ2) is 15.4. The van der Waals surface area contributed by atoms with E-state index in [1.54, 1.807) is 19.1 Å². The molecule has 33 heavy (non-hydrogen) atoms. The van der Waals surface area contributed by atoms with Crippen LogP contribution in [0, 0.1) is 17.8 Å². The van der Waals surface area contributed by atoms with Gasteiger partial charge in [0.15, 0.2) is 0 Å². The molecule has 0 aliphatic rings. The van der Waals surface area contributed by atoms with Crippen molar-refractivity contribution in [1.29, 1.82) is 0 Å². The van der Waals surface area contributed by atoms with Gasteiger partial charge >= 0.3 is 0 Å². The molecular formula is C26H51N3O4. The minimum absolute atomic E-state index is 0.0800.